The Bertz CT molecular complexity index is 434. The van der Waals surface area contributed by atoms with Gasteiger partial charge in [0.15, 0.2) is 0 Å². The standard InChI is InChI=1S/C14H20N2O2/c1-10-4-3-5-12(8-10)16-7-6-11(9-16)13(15-2)14(17)18/h3-5,8,11,13,15H,6-7,9H2,1-2H3,(H,17,18). The summed E-state index contributed by atoms with van der Waals surface area (Å²) in [5.41, 5.74) is 2.43. The molecule has 2 unspecified atom stereocenters. The molecule has 1 heterocycles. The second-order valence-electron chi connectivity index (χ2n) is 4.94. The Morgan fingerprint density at radius 3 is 2.94 bits per heavy atom. The molecule has 0 amide bonds. The molecule has 18 heavy (non-hydrogen) atoms. The van der Waals surface area contributed by atoms with Crippen molar-refractivity contribution >= 4 is 11.7 Å². The van der Waals surface area contributed by atoms with E-state index in [2.05, 4.69) is 35.3 Å². The molecule has 1 aromatic carbocycles. The smallest absolute Gasteiger partial charge is 0.321 e. The molecule has 1 aliphatic rings. The number of likely N-dealkylation sites (N-methyl/N-ethyl adjacent to an activating group) is 1. The van der Waals surface area contributed by atoms with Gasteiger partial charge in [-0.05, 0) is 38.1 Å². The molecule has 4 heteroatoms. The van der Waals surface area contributed by atoms with Crippen molar-refractivity contribution in [3.8, 4) is 0 Å². The van der Waals surface area contributed by atoms with E-state index in [0.29, 0.717) is 0 Å². The molecule has 1 aliphatic heterocycles. The van der Waals surface area contributed by atoms with Gasteiger partial charge in [0, 0.05) is 24.7 Å². The topological polar surface area (TPSA) is 52.6 Å². The molecule has 4 nitrogen and oxygen atoms in total. The number of aryl methyl sites for hydroxylation is 1. The lowest BCUT2D eigenvalue weighted by Crippen LogP contribution is -2.41. The van der Waals surface area contributed by atoms with Crippen molar-refractivity contribution in [1.29, 1.82) is 0 Å². The van der Waals surface area contributed by atoms with Crippen molar-refractivity contribution in [3.05, 3.63) is 29.8 Å². The number of carboxylic acid groups (broad SMARTS) is 1. The summed E-state index contributed by atoms with van der Waals surface area (Å²) in [4.78, 5) is 13.4. The Morgan fingerprint density at radius 2 is 2.33 bits per heavy atom. The van der Waals surface area contributed by atoms with Crippen LogP contribution < -0.4 is 10.2 Å². The van der Waals surface area contributed by atoms with Gasteiger partial charge < -0.3 is 15.3 Å². The largest absolute Gasteiger partial charge is 0.480 e. The molecule has 1 fully saturated rings. The van der Waals surface area contributed by atoms with E-state index < -0.39 is 12.0 Å². The molecule has 98 valence electrons. The van der Waals surface area contributed by atoms with Crippen LogP contribution in [0.3, 0.4) is 0 Å². The van der Waals surface area contributed by atoms with Crippen LogP contribution in [0.5, 0.6) is 0 Å². The van der Waals surface area contributed by atoms with Crippen LogP contribution in [0.4, 0.5) is 5.69 Å². The summed E-state index contributed by atoms with van der Waals surface area (Å²) in [6.07, 6.45) is 0.922. The molecule has 0 bridgehead atoms. The summed E-state index contributed by atoms with van der Waals surface area (Å²) >= 11 is 0. The molecule has 0 aromatic heterocycles. The van der Waals surface area contributed by atoms with Crippen LogP contribution in [-0.4, -0.2) is 37.3 Å². The van der Waals surface area contributed by atoms with E-state index in [1.165, 1.54) is 11.3 Å². The van der Waals surface area contributed by atoms with Crippen molar-refractivity contribution in [3.63, 3.8) is 0 Å². The Balaban J connectivity index is 2.06. The lowest BCUT2D eigenvalue weighted by atomic mass is 9.99. The van der Waals surface area contributed by atoms with Crippen molar-refractivity contribution in [1.82, 2.24) is 5.32 Å². The quantitative estimate of drug-likeness (QED) is 0.847. The van der Waals surface area contributed by atoms with Gasteiger partial charge in [0.25, 0.3) is 0 Å². The van der Waals surface area contributed by atoms with Gasteiger partial charge in [-0.25, -0.2) is 0 Å². The van der Waals surface area contributed by atoms with Crippen LogP contribution in [0.25, 0.3) is 0 Å². The zero-order valence-corrected chi connectivity index (χ0v) is 10.9. The van der Waals surface area contributed by atoms with Gasteiger partial charge in [0.2, 0.25) is 0 Å². The average Bonchev–Trinajstić information content (AvgIpc) is 2.79. The number of aliphatic carboxylic acids is 1. The Kier molecular flexibility index (Phi) is 3.87. The molecule has 0 aliphatic carbocycles. The number of nitrogens with one attached hydrogen (secondary N) is 1. The highest BCUT2D eigenvalue weighted by Crippen LogP contribution is 2.26. The van der Waals surface area contributed by atoms with Crippen LogP contribution in [0, 0.1) is 12.8 Å². The molecular formula is C14H20N2O2. The summed E-state index contributed by atoms with van der Waals surface area (Å²) in [5.74, 6) is -0.582. The number of rotatable bonds is 4. The van der Waals surface area contributed by atoms with E-state index in [0.717, 1.165) is 19.5 Å². The first-order chi connectivity index (χ1) is 8.61. The zero-order valence-electron chi connectivity index (χ0n) is 10.9. The summed E-state index contributed by atoms with van der Waals surface area (Å²) in [6, 6.07) is 7.91. The van der Waals surface area contributed by atoms with E-state index in [1.807, 2.05) is 6.07 Å². The lowest BCUT2D eigenvalue weighted by molar-refractivity contribution is -0.140. The summed E-state index contributed by atoms with van der Waals surface area (Å²) in [7, 11) is 1.72. The first-order valence-corrected chi connectivity index (χ1v) is 6.33. The third kappa shape index (κ3) is 2.64. The highest BCUT2D eigenvalue weighted by Gasteiger charge is 2.32. The van der Waals surface area contributed by atoms with Crippen LogP contribution in [0.15, 0.2) is 24.3 Å². The molecule has 2 rings (SSSR count). The fourth-order valence-corrected chi connectivity index (χ4v) is 2.68. The molecule has 0 spiro atoms. The number of hydrogen-bond acceptors (Lipinski definition) is 3. The molecule has 0 saturated carbocycles. The highest BCUT2D eigenvalue weighted by molar-refractivity contribution is 5.74. The van der Waals surface area contributed by atoms with Gasteiger partial charge in [-0.2, -0.15) is 0 Å². The maximum Gasteiger partial charge on any atom is 0.321 e. The number of carboxylic acids is 1. The maximum atomic E-state index is 11.1. The Hall–Kier alpha value is -1.55. The van der Waals surface area contributed by atoms with Crippen molar-refractivity contribution in [2.24, 2.45) is 5.92 Å². The van der Waals surface area contributed by atoms with E-state index in [4.69, 9.17) is 5.11 Å². The predicted octanol–water partition coefficient (Wildman–Crippen LogP) is 1.49. The van der Waals surface area contributed by atoms with Crippen molar-refractivity contribution < 1.29 is 9.90 Å². The second kappa shape index (κ2) is 5.40. The van der Waals surface area contributed by atoms with Crippen LogP contribution in [0.2, 0.25) is 0 Å². The predicted molar refractivity (Wildman–Crippen MR) is 72.0 cm³/mol. The minimum Gasteiger partial charge on any atom is -0.480 e. The Morgan fingerprint density at radius 1 is 1.56 bits per heavy atom. The molecule has 0 radical (unpaired) electrons. The first-order valence-electron chi connectivity index (χ1n) is 6.33. The van der Waals surface area contributed by atoms with Crippen LogP contribution >= 0.6 is 0 Å². The maximum absolute atomic E-state index is 11.1. The van der Waals surface area contributed by atoms with Gasteiger partial charge >= 0.3 is 5.97 Å². The highest BCUT2D eigenvalue weighted by atomic mass is 16.4. The fraction of sp³-hybridized carbons (Fsp3) is 0.500. The molecule has 1 aromatic rings. The van der Waals surface area contributed by atoms with E-state index in [-0.39, 0.29) is 5.92 Å². The summed E-state index contributed by atoms with van der Waals surface area (Å²) in [6.45, 7) is 3.81. The van der Waals surface area contributed by atoms with E-state index >= 15 is 0 Å². The van der Waals surface area contributed by atoms with E-state index in [1.54, 1.807) is 7.05 Å². The Labute approximate surface area is 108 Å². The number of nitrogens with zero attached hydrogens (tertiary/aromatic N) is 1. The van der Waals surface area contributed by atoms with Crippen molar-refractivity contribution in [2.45, 2.75) is 19.4 Å². The number of carbonyl (C=O) groups is 1. The van der Waals surface area contributed by atoms with Gasteiger partial charge in [0.05, 0.1) is 0 Å². The first kappa shape index (κ1) is 12.9. The molecule has 1 saturated heterocycles. The number of anilines is 1. The minimum atomic E-state index is -0.756. The third-order valence-electron chi connectivity index (χ3n) is 3.64. The van der Waals surface area contributed by atoms with E-state index in [9.17, 15) is 4.79 Å². The third-order valence-corrected chi connectivity index (χ3v) is 3.64. The van der Waals surface area contributed by atoms with Crippen LogP contribution in [0.1, 0.15) is 12.0 Å². The van der Waals surface area contributed by atoms with Gasteiger partial charge in [0.1, 0.15) is 6.04 Å². The molecule has 2 atom stereocenters. The van der Waals surface area contributed by atoms with Gasteiger partial charge in [-0.15, -0.1) is 0 Å². The minimum absolute atomic E-state index is 0.174. The zero-order chi connectivity index (χ0) is 13.1. The summed E-state index contributed by atoms with van der Waals surface area (Å²) in [5, 5.41) is 12.1. The monoisotopic (exact) mass is 248 g/mol. The van der Waals surface area contributed by atoms with Gasteiger partial charge in [-0.3, -0.25) is 4.79 Å². The number of hydrogen-bond donors (Lipinski definition) is 2. The number of benzene rings is 1. The normalized spacial score (nSPS) is 21.0. The summed E-state index contributed by atoms with van der Waals surface area (Å²) < 4.78 is 0. The van der Waals surface area contributed by atoms with Crippen molar-refractivity contribution in [2.75, 3.05) is 25.0 Å². The molecule has 2 N–H and O–H groups in total. The van der Waals surface area contributed by atoms with Crippen LogP contribution in [-0.2, 0) is 4.79 Å². The molecular weight excluding hydrogens is 228 g/mol. The average molecular weight is 248 g/mol. The SMILES string of the molecule is CNC(C(=O)O)C1CCN(c2cccc(C)c2)C1. The fourth-order valence-electron chi connectivity index (χ4n) is 2.68. The van der Waals surface area contributed by atoms with Gasteiger partial charge in [-0.1, -0.05) is 12.1 Å². The second-order valence-corrected chi connectivity index (χ2v) is 4.94. The lowest BCUT2D eigenvalue weighted by Gasteiger charge is -2.21.